The minimum atomic E-state index is 0.497. The Morgan fingerprint density at radius 2 is 1.29 bits per heavy atom. The Kier molecular flexibility index (Phi) is 23.1. The average Bonchev–Trinajstić information content (AvgIpc) is 3.64. The Morgan fingerprint density at radius 1 is 0.638 bits per heavy atom. The van der Waals surface area contributed by atoms with E-state index in [1.807, 2.05) is 13.8 Å². The van der Waals surface area contributed by atoms with E-state index in [1.165, 1.54) is 154 Å². The lowest BCUT2D eigenvalue weighted by Gasteiger charge is -2.38. The molecule has 5 aliphatic rings. The smallest absolute Gasteiger partial charge is 0.0234 e. The lowest BCUT2D eigenvalue weighted by Crippen LogP contribution is -2.28. The second-order valence-electron chi connectivity index (χ2n) is 23.7. The Morgan fingerprint density at radius 3 is 1.93 bits per heavy atom. The monoisotopic (exact) mass is 807 g/mol. The predicted octanol–water partition coefficient (Wildman–Crippen LogP) is 19.6. The van der Waals surface area contributed by atoms with Crippen LogP contribution in [0.5, 0.6) is 0 Å². The Labute approximate surface area is 368 Å². The molecule has 0 heteroatoms. The molecule has 0 heterocycles. The lowest BCUT2D eigenvalue weighted by molar-refractivity contribution is 0.137. The highest BCUT2D eigenvalue weighted by atomic mass is 14.6. The van der Waals surface area contributed by atoms with Crippen LogP contribution in [-0.4, -0.2) is 0 Å². The number of rotatable bonds is 14. The van der Waals surface area contributed by atoms with E-state index in [4.69, 9.17) is 6.58 Å². The van der Waals surface area contributed by atoms with E-state index in [2.05, 4.69) is 83.1 Å². The van der Waals surface area contributed by atoms with Gasteiger partial charge in [-0.2, -0.15) is 0 Å². The third-order valence-electron chi connectivity index (χ3n) is 19.3. The molecule has 12 unspecified atom stereocenters. The van der Waals surface area contributed by atoms with Gasteiger partial charge < -0.3 is 0 Å². The van der Waals surface area contributed by atoms with Crippen LogP contribution in [-0.2, 0) is 0 Å². The third kappa shape index (κ3) is 14.4. The van der Waals surface area contributed by atoms with Crippen molar-refractivity contribution < 1.29 is 0 Å². The summed E-state index contributed by atoms with van der Waals surface area (Å²) in [5.74, 6) is 13.4. The molecule has 0 nitrogen and oxygen atoms in total. The molecule has 0 bridgehead atoms. The third-order valence-corrected chi connectivity index (χ3v) is 19.3. The van der Waals surface area contributed by atoms with Crippen molar-refractivity contribution in [1.82, 2.24) is 0 Å². The summed E-state index contributed by atoms with van der Waals surface area (Å²) in [6.45, 7) is 38.8. The molecule has 5 fully saturated rings. The van der Waals surface area contributed by atoms with Crippen molar-refractivity contribution in [3.05, 3.63) is 12.2 Å². The standard InChI is InChI=1S/C42H76.C14H28.C2H6/c1-11-16-35-36(40(17-12-2)42(9,10)39(35)13-3)21-15-20-32-22-23-33-28-34-24-25-41(7,8)31(6)19-14-18-29(4)30(5)26-37(34)38(33)27-32;1-4-5-6-7-13(3)14-10-8-12(2)9-11-14;1-2/h29,31-40H,5,11-28H2,1-4,6-10H3;12-14H,4-11H2,1-3H3;1-2H3. The zero-order valence-corrected chi connectivity index (χ0v) is 42.7. The first-order valence-corrected chi connectivity index (χ1v) is 27.4. The lowest BCUT2D eigenvalue weighted by atomic mass is 9.67. The number of hydrogen-bond acceptors (Lipinski definition) is 0. The molecule has 0 aromatic rings. The summed E-state index contributed by atoms with van der Waals surface area (Å²) in [5.41, 5.74) is 2.64. The van der Waals surface area contributed by atoms with Crippen LogP contribution in [0.15, 0.2) is 12.2 Å². The van der Waals surface area contributed by atoms with Crippen molar-refractivity contribution in [2.24, 2.45) is 93.7 Å². The molecule has 58 heavy (non-hydrogen) atoms. The second kappa shape index (κ2) is 25.8. The molecule has 12 atom stereocenters. The molecule has 5 aliphatic carbocycles. The van der Waals surface area contributed by atoms with Gasteiger partial charge in [-0.15, -0.1) is 0 Å². The summed E-state index contributed by atoms with van der Waals surface area (Å²) in [6.07, 6.45) is 38.0. The second-order valence-corrected chi connectivity index (χ2v) is 23.7. The first kappa shape index (κ1) is 52.1. The molecular formula is C58H110. The summed E-state index contributed by atoms with van der Waals surface area (Å²) < 4.78 is 0. The highest BCUT2D eigenvalue weighted by Crippen LogP contribution is 2.60. The van der Waals surface area contributed by atoms with Gasteiger partial charge in [0.25, 0.3) is 0 Å². The molecule has 0 saturated heterocycles. The van der Waals surface area contributed by atoms with Gasteiger partial charge >= 0.3 is 0 Å². The van der Waals surface area contributed by atoms with Crippen molar-refractivity contribution in [1.29, 1.82) is 0 Å². The molecule has 0 N–H and O–H groups in total. The Hall–Kier alpha value is -0.260. The molecule has 342 valence electrons. The van der Waals surface area contributed by atoms with E-state index < -0.39 is 0 Å². The normalized spacial score (nSPS) is 38.1. The van der Waals surface area contributed by atoms with Gasteiger partial charge in [0.2, 0.25) is 0 Å². The van der Waals surface area contributed by atoms with E-state index in [1.54, 1.807) is 18.4 Å². The van der Waals surface area contributed by atoms with Crippen LogP contribution >= 0.6 is 0 Å². The van der Waals surface area contributed by atoms with Gasteiger partial charge in [0, 0.05) is 0 Å². The average molecular weight is 808 g/mol. The van der Waals surface area contributed by atoms with Crippen LogP contribution < -0.4 is 0 Å². The number of allylic oxidation sites excluding steroid dienone is 1. The van der Waals surface area contributed by atoms with E-state index in [0.29, 0.717) is 16.7 Å². The fourth-order valence-electron chi connectivity index (χ4n) is 14.9. The van der Waals surface area contributed by atoms with Gasteiger partial charge in [-0.3, -0.25) is 0 Å². The first-order valence-electron chi connectivity index (χ1n) is 27.4. The van der Waals surface area contributed by atoms with Crippen molar-refractivity contribution in [3.8, 4) is 0 Å². The van der Waals surface area contributed by atoms with Gasteiger partial charge in [0.05, 0.1) is 0 Å². The van der Waals surface area contributed by atoms with E-state index >= 15 is 0 Å². The number of hydrogen-bond donors (Lipinski definition) is 0. The predicted molar refractivity (Wildman–Crippen MR) is 262 cm³/mol. The zero-order chi connectivity index (χ0) is 43.0. The minimum Gasteiger partial charge on any atom is -0.0996 e. The minimum absolute atomic E-state index is 0.497. The summed E-state index contributed by atoms with van der Waals surface area (Å²) in [5, 5.41) is 0. The summed E-state index contributed by atoms with van der Waals surface area (Å²) in [6, 6.07) is 0. The van der Waals surface area contributed by atoms with Gasteiger partial charge in [-0.1, -0.05) is 205 Å². The number of unbranched alkanes of at least 4 members (excludes halogenated alkanes) is 2. The molecule has 0 spiro atoms. The van der Waals surface area contributed by atoms with Crippen LogP contribution in [0, 0.1) is 93.7 Å². The first-order chi connectivity index (χ1) is 27.7. The summed E-state index contributed by atoms with van der Waals surface area (Å²) in [7, 11) is 0. The topological polar surface area (TPSA) is 0 Å². The summed E-state index contributed by atoms with van der Waals surface area (Å²) in [4.78, 5) is 0. The van der Waals surface area contributed by atoms with Crippen LogP contribution in [0.1, 0.15) is 264 Å². The maximum absolute atomic E-state index is 4.75. The molecule has 5 rings (SSSR count). The molecule has 0 aromatic heterocycles. The van der Waals surface area contributed by atoms with Crippen molar-refractivity contribution >= 4 is 0 Å². The number of fused-ring (bicyclic) bond motifs is 3. The van der Waals surface area contributed by atoms with Crippen LogP contribution in [0.3, 0.4) is 0 Å². The van der Waals surface area contributed by atoms with E-state index in [-0.39, 0.29) is 0 Å². The van der Waals surface area contributed by atoms with E-state index in [9.17, 15) is 0 Å². The quantitative estimate of drug-likeness (QED) is 0.121. The van der Waals surface area contributed by atoms with Crippen LogP contribution in [0.25, 0.3) is 0 Å². The zero-order valence-electron chi connectivity index (χ0n) is 42.7. The highest BCUT2D eigenvalue weighted by molar-refractivity contribution is 5.07. The van der Waals surface area contributed by atoms with E-state index in [0.717, 1.165) is 76.9 Å². The molecule has 0 aromatic carbocycles. The van der Waals surface area contributed by atoms with Crippen LogP contribution in [0.4, 0.5) is 0 Å². The largest absolute Gasteiger partial charge is 0.0996 e. The summed E-state index contributed by atoms with van der Waals surface area (Å²) >= 11 is 0. The molecule has 0 amide bonds. The van der Waals surface area contributed by atoms with Crippen molar-refractivity contribution in [3.63, 3.8) is 0 Å². The molecule has 0 radical (unpaired) electrons. The Bertz CT molecular complexity index is 1090. The van der Waals surface area contributed by atoms with Crippen molar-refractivity contribution in [2.45, 2.75) is 264 Å². The van der Waals surface area contributed by atoms with Crippen molar-refractivity contribution in [2.75, 3.05) is 0 Å². The molecular weight excluding hydrogens is 697 g/mol. The SMILES string of the molecule is C=C1CC2C(CCC(C)(C)C(C)CCCC1C)CC1CCC(CCCC3C(CCC)C(CC)C(C)(C)C3CCC)CC12.CC.CCCCCC(C)C1CCC(C)CC1. The van der Waals surface area contributed by atoms with Gasteiger partial charge in [-0.25, -0.2) is 0 Å². The maximum atomic E-state index is 4.75. The van der Waals surface area contributed by atoms with Gasteiger partial charge in [-0.05, 0) is 164 Å². The van der Waals surface area contributed by atoms with Crippen LogP contribution in [0.2, 0.25) is 0 Å². The van der Waals surface area contributed by atoms with Gasteiger partial charge in [0.15, 0.2) is 0 Å². The fourth-order valence-corrected chi connectivity index (χ4v) is 14.9. The maximum Gasteiger partial charge on any atom is -0.0234 e. The van der Waals surface area contributed by atoms with Gasteiger partial charge in [0.1, 0.15) is 0 Å². The fraction of sp³-hybridized carbons (Fsp3) is 0.966. The highest BCUT2D eigenvalue weighted by Gasteiger charge is 2.53. The molecule has 0 aliphatic heterocycles. The Balaban J connectivity index is 0.000000472. The molecule has 5 saturated carbocycles.